The van der Waals surface area contributed by atoms with Crippen LogP contribution in [-0.2, 0) is 16.6 Å². The molecule has 3 aromatic carbocycles. The summed E-state index contributed by atoms with van der Waals surface area (Å²) >= 11 is 0. The van der Waals surface area contributed by atoms with Crippen LogP contribution < -0.4 is 4.74 Å². The van der Waals surface area contributed by atoms with Crippen LogP contribution in [0.1, 0.15) is 67.6 Å². The minimum atomic E-state index is -1.08. The van der Waals surface area contributed by atoms with Crippen molar-refractivity contribution in [3.8, 4) is 34.8 Å². The molecular formula is C36H40O7. The molecular weight excluding hydrogens is 544 g/mol. The average Bonchev–Trinajstić information content (AvgIpc) is 3.00. The Morgan fingerprint density at radius 3 is 2.40 bits per heavy atom. The topological polar surface area (TPSA) is 127 Å². The summed E-state index contributed by atoms with van der Waals surface area (Å²) in [5.41, 5.74) is 1.58. The Kier molecular flexibility index (Phi) is 9.29. The number of aliphatic hydroxyl groups excluding tert-OH is 2. The van der Waals surface area contributed by atoms with Gasteiger partial charge in [0.05, 0.1) is 19.3 Å². The van der Waals surface area contributed by atoms with Crippen LogP contribution in [-0.4, -0.2) is 50.6 Å². The predicted octanol–water partition coefficient (Wildman–Crippen LogP) is 5.36. The molecule has 5 N–H and O–H groups in total. The summed E-state index contributed by atoms with van der Waals surface area (Å²) in [5.74, 6) is 5.37. The Labute approximate surface area is 252 Å². The van der Waals surface area contributed by atoms with Gasteiger partial charge < -0.3 is 30.3 Å². The van der Waals surface area contributed by atoms with Gasteiger partial charge in [0, 0.05) is 42.4 Å². The van der Waals surface area contributed by atoms with Crippen molar-refractivity contribution in [2.45, 2.75) is 74.9 Å². The van der Waals surface area contributed by atoms with Gasteiger partial charge in [-0.2, -0.15) is 0 Å². The third-order valence-electron chi connectivity index (χ3n) is 9.46. The zero-order chi connectivity index (χ0) is 30.6. The highest BCUT2D eigenvalue weighted by molar-refractivity contribution is 5.80. The molecule has 0 radical (unpaired) electrons. The van der Waals surface area contributed by atoms with Crippen molar-refractivity contribution in [1.29, 1.82) is 0 Å². The van der Waals surface area contributed by atoms with Crippen molar-refractivity contribution >= 4 is 5.78 Å². The van der Waals surface area contributed by atoms with Crippen LogP contribution in [0.4, 0.5) is 0 Å². The highest BCUT2D eigenvalue weighted by atomic mass is 16.5. The quantitative estimate of drug-likeness (QED) is 0.195. The molecule has 1 saturated carbocycles. The Bertz CT molecular complexity index is 1490. The van der Waals surface area contributed by atoms with E-state index in [1.807, 2.05) is 30.3 Å². The van der Waals surface area contributed by atoms with E-state index in [-0.39, 0.29) is 54.1 Å². The van der Waals surface area contributed by atoms with Gasteiger partial charge in [0.1, 0.15) is 5.78 Å². The first-order chi connectivity index (χ1) is 20.7. The normalized spacial score (nSPS) is 28.0. The lowest BCUT2D eigenvalue weighted by atomic mass is 9.57. The van der Waals surface area contributed by atoms with Crippen LogP contribution in [0.3, 0.4) is 0 Å². The lowest BCUT2D eigenvalue weighted by Crippen LogP contribution is -2.52. The standard InChI is InChI=1S/C36H40O7/c1-43-34-19-25(13-15-31(34)39)28-21-27(37)22-32(40)29(11-7-10-24(28)18-23-8-3-2-4-9-23)36(17-6-5-12-35(36)42)26-14-16-30(38)33(41)20-26/h2-4,8-9,13-16,19-20,24,28-29,32,35,38-42H,5-6,11-12,17-18,21-22H2,1H3/t24-,28+,29+,32-,35+,36+/m0/s1. The van der Waals surface area contributed by atoms with E-state index in [0.29, 0.717) is 30.6 Å². The minimum absolute atomic E-state index is 0.0120. The van der Waals surface area contributed by atoms with Crippen molar-refractivity contribution in [1.82, 2.24) is 0 Å². The number of phenolic OH excluding ortho intramolecular Hbond substituents is 3. The van der Waals surface area contributed by atoms with Crippen molar-refractivity contribution in [2.75, 3.05) is 7.11 Å². The molecule has 0 saturated heterocycles. The number of aliphatic hydroxyl groups is 2. The van der Waals surface area contributed by atoms with Gasteiger partial charge in [-0.15, -0.1) is 5.92 Å². The molecule has 7 heteroatoms. The van der Waals surface area contributed by atoms with Crippen molar-refractivity contribution in [3.63, 3.8) is 0 Å². The van der Waals surface area contributed by atoms with Gasteiger partial charge in [-0.05, 0) is 60.2 Å². The summed E-state index contributed by atoms with van der Waals surface area (Å²) in [4.78, 5) is 13.7. The Morgan fingerprint density at radius 2 is 1.67 bits per heavy atom. The third-order valence-corrected chi connectivity index (χ3v) is 9.46. The van der Waals surface area contributed by atoms with Gasteiger partial charge in [-0.1, -0.05) is 61.2 Å². The molecule has 2 aliphatic carbocycles. The van der Waals surface area contributed by atoms with E-state index < -0.39 is 23.5 Å². The molecule has 226 valence electrons. The highest BCUT2D eigenvalue weighted by Crippen LogP contribution is 2.50. The maximum Gasteiger partial charge on any atom is 0.160 e. The van der Waals surface area contributed by atoms with E-state index in [4.69, 9.17) is 4.74 Å². The van der Waals surface area contributed by atoms with Gasteiger partial charge >= 0.3 is 0 Å². The molecule has 5 rings (SSSR count). The molecule has 0 bridgehead atoms. The van der Waals surface area contributed by atoms with Crippen LogP contribution in [0.2, 0.25) is 0 Å². The van der Waals surface area contributed by atoms with Crippen LogP contribution in [0, 0.1) is 23.7 Å². The molecule has 2 aliphatic rings. The number of rotatable bonds is 6. The molecule has 1 fully saturated rings. The minimum Gasteiger partial charge on any atom is -0.504 e. The summed E-state index contributed by atoms with van der Waals surface area (Å²) in [6.07, 6.45) is 1.70. The molecule has 6 atom stereocenters. The molecule has 0 aliphatic heterocycles. The second-order valence-corrected chi connectivity index (χ2v) is 12.0. The van der Waals surface area contributed by atoms with E-state index >= 15 is 0 Å². The second kappa shape index (κ2) is 13.1. The number of ketones is 1. The first-order valence-corrected chi connectivity index (χ1v) is 15.0. The van der Waals surface area contributed by atoms with E-state index in [2.05, 4.69) is 11.8 Å². The fourth-order valence-corrected chi connectivity index (χ4v) is 7.22. The van der Waals surface area contributed by atoms with Gasteiger partial charge in [0.25, 0.3) is 0 Å². The number of aromatic hydroxyl groups is 3. The second-order valence-electron chi connectivity index (χ2n) is 12.0. The number of carbonyl (C=O) groups excluding carboxylic acids is 1. The maximum atomic E-state index is 13.7. The molecule has 0 aromatic heterocycles. The number of methoxy groups -OCH3 is 1. The van der Waals surface area contributed by atoms with E-state index in [1.165, 1.54) is 19.2 Å². The smallest absolute Gasteiger partial charge is 0.160 e. The number of carbonyl (C=O) groups is 1. The number of phenols is 3. The first-order valence-electron chi connectivity index (χ1n) is 15.0. The number of benzene rings is 3. The zero-order valence-corrected chi connectivity index (χ0v) is 24.4. The molecule has 43 heavy (non-hydrogen) atoms. The van der Waals surface area contributed by atoms with Crippen LogP contribution in [0.5, 0.6) is 23.0 Å². The highest BCUT2D eigenvalue weighted by Gasteiger charge is 2.50. The Hall–Kier alpha value is -3.99. The first kappa shape index (κ1) is 30.5. The van der Waals surface area contributed by atoms with E-state index in [1.54, 1.807) is 24.3 Å². The molecule has 0 amide bonds. The lowest BCUT2D eigenvalue weighted by Gasteiger charge is -2.49. The summed E-state index contributed by atoms with van der Waals surface area (Å²) in [7, 11) is 1.48. The molecule has 0 heterocycles. The van der Waals surface area contributed by atoms with Crippen molar-refractivity contribution < 1.29 is 35.1 Å². The van der Waals surface area contributed by atoms with Gasteiger partial charge in [0.2, 0.25) is 0 Å². The SMILES string of the molecule is COc1cc([C@@H]2CC(=O)C[C@H](O)[C@H]([C@]3(c4ccc(O)c(O)c4)CCCC[C@H]3O)CC#C[C@H]2Cc2ccccc2)ccc1O. The molecule has 0 spiro atoms. The largest absolute Gasteiger partial charge is 0.504 e. The van der Waals surface area contributed by atoms with Crippen molar-refractivity contribution in [2.24, 2.45) is 11.8 Å². The summed E-state index contributed by atoms with van der Waals surface area (Å²) in [6, 6.07) is 19.7. The van der Waals surface area contributed by atoms with Crippen LogP contribution in [0.15, 0.2) is 66.7 Å². The molecule has 3 aromatic rings. The Balaban J connectivity index is 1.59. The fourth-order valence-electron chi connectivity index (χ4n) is 7.22. The molecule has 7 nitrogen and oxygen atoms in total. The van der Waals surface area contributed by atoms with Gasteiger partial charge in [0.15, 0.2) is 23.0 Å². The van der Waals surface area contributed by atoms with E-state index in [0.717, 1.165) is 24.0 Å². The number of ether oxygens (including phenoxy) is 1. The maximum absolute atomic E-state index is 13.7. The third kappa shape index (κ3) is 6.36. The monoisotopic (exact) mass is 584 g/mol. The Morgan fingerprint density at radius 1 is 0.907 bits per heavy atom. The zero-order valence-electron chi connectivity index (χ0n) is 24.4. The summed E-state index contributed by atoms with van der Waals surface area (Å²) in [5, 5.41) is 53.9. The number of hydrogen-bond donors (Lipinski definition) is 5. The van der Waals surface area contributed by atoms with Gasteiger partial charge in [-0.3, -0.25) is 4.79 Å². The summed E-state index contributed by atoms with van der Waals surface area (Å²) < 4.78 is 5.37. The van der Waals surface area contributed by atoms with Crippen LogP contribution in [0.25, 0.3) is 0 Å². The van der Waals surface area contributed by atoms with Gasteiger partial charge in [-0.25, -0.2) is 0 Å². The number of Topliss-reactive ketones (excluding diaryl/α,β-unsaturated/α-hetero) is 1. The summed E-state index contributed by atoms with van der Waals surface area (Å²) in [6.45, 7) is 0. The molecule has 0 unspecified atom stereocenters. The van der Waals surface area contributed by atoms with Crippen molar-refractivity contribution in [3.05, 3.63) is 83.4 Å². The fraction of sp³-hybridized carbons (Fsp3) is 0.417. The number of hydrogen-bond acceptors (Lipinski definition) is 7. The lowest BCUT2D eigenvalue weighted by molar-refractivity contribution is -0.124. The average molecular weight is 585 g/mol. The van der Waals surface area contributed by atoms with Crippen LogP contribution >= 0.6 is 0 Å². The predicted molar refractivity (Wildman–Crippen MR) is 163 cm³/mol. The van der Waals surface area contributed by atoms with E-state index in [9.17, 15) is 30.3 Å².